The Hall–Kier alpha value is -7.22. The molecule has 0 fully saturated rings. The average molecular weight is 712 g/mol. The van der Waals surface area contributed by atoms with Crippen LogP contribution in [0.15, 0.2) is 224 Å². The van der Waals surface area contributed by atoms with Gasteiger partial charge in [-0.15, -0.1) is 0 Å². The molecule has 1 spiro atoms. The van der Waals surface area contributed by atoms with Gasteiger partial charge >= 0.3 is 0 Å². The molecule has 0 radical (unpaired) electrons. The molecule has 0 amide bonds. The van der Waals surface area contributed by atoms with Gasteiger partial charge in [0.25, 0.3) is 0 Å². The molecule has 1 nitrogen and oxygen atoms in total. The Morgan fingerprint density at radius 3 is 1.20 bits per heavy atom. The number of para-hydroxylation sites is 1. The molecule has 0 aliphatic heterocycles. The number of nitrogens with zero attached hydrogens (tertiary/aromatic N) is 1. The van der Waals surface area contributed by atoms with Gasteiger partial charge in [-0.3, -0.25) is 0 Å². The maximum absolute atomic E-state index is 2.55. The van der Waals surface area contributed by atoms with Crippen molar-refractivity contribution in [1.82, 2.24) is 0 Å². The Balaban J connectivity index is 1.28. The molecule has 2 aliphatic rings. The fourth-order valence-electron chi connectivity index (χ4n) is 9.59. The largest absolute Gasteiger partial charge is 0.309 e. The third-order valence-electron chi connectivity index (χ3n) is 11.9. The van der Waals surface area contributed by atoms with Crippen LogP contribution in [0.4, 0.5) is 17.1 Å². The molecule has 11 rings (SSSR count). The Bertz CT molecular complexity index is 2790. The third-order valence-corrected chi connectivity index (χ3v) is 11.9. The van der Waals surface area contributed by atoms with E-state index in [0.29, 0.717) is 0 Å². The lowest BCUT2D eigenvalue weighted by atomic mass is 9.70. The number of benzene rings is 9. The second-order valence-corrected chi connectivity index (χ2v) is 14.8. The van der Waals surface area contributed by atoms with Crippen LogP contribution in [-0.4, -0.2) is 0 Å². The van der Waals surface area contributed by atoms with Crippen molar-refractivity contribution in [3.63, 3.8) is 0 Å². The van der Waals surface area contributed by atoms with Crippen molar-refractivity contribution in [3.05, 3.63) is 247 Å². The van der Waals surface area contributed by atoms with Gasteiger partial charge in [-0.25, -0.2) is 0 Å². The molecular formula is C55H37N. The van der Waals surface area contributed by atoms with Gasteiger partial charge in [-0.05, 0) is 97.1 Å². The molecular weight excluding hydrogens is 675 g/mol. The van der Waals surface area contributed by atoms with Gasteiger partial charge in [0.15, 0.2) is 0 Å². The van der Waals surface area contributed by atoms with Gasteiger partial charge in [-0.1, -0.05) is 194 Å². The van der Waals surface area contributed by atoms with E-state index < -0.39 is 5.41 Å². The van der Waals surface area contributed by atoms with E-state index in [1.54, 1.807) is 0 Å². The molecule has 56 heavy (non-hydrogen) atoms. The van der Waals surface area contributed by atoms with E-state index in [0.717, 1.165) is 17.1 Å². The molecule has 9 aromatic rings. The zero-order valence-corrected chi connectivity index (χ0v) is 30.8. The van der Waals surface area contributed by atoms with E-state index in [2.05, 4.69) is 229 Å². The van der Waals surface area contributed by atoms with E-state index >= 15 is 0 Å². The lowest BCUT2D eigenvalue weighted by molar-refractivity contribution is 0.793. The third kappa shape index (κ3) is 4.81. The second-order valence-electron chi connectivity index (χ2n) is 14.8. The highest BCUT2D eigenvalue weighted by Crippen LogP contribution is 2.65. The molecule has 0 saturated heterocycles. The highest BCUT2D eigenvalue weighted by molar-refractivity contribution is 6.01. The SMILES string of the molecule is c1ccc(-c2cc(-c3ccccc3)cc(N(c3ccccc3-c3ccccc3)c3cccc4c3C3(c5ccccc5-c5ccccc53)c3ccccc3-4)c2)cc1. The van der Waals surface area contributed by atoms with Crippen molar-refractivity contribution in [1.29, 1.82) is 0 Å². The van der Waals surface area contributed by atoms with Crippen LogP contribution in [-0.2, 0) is 5.41 Å². The van der Waals surface area contributed by atoms with Gasteiger partial charge in [-0.2, -0.15) is 0 Å². The second kappa shape index (κ2) is 13.0. The fourth-order valence-corrected chi connectivity index (χ4v) is 9.59. The minimum atomic E-state index is -0.519. The van der Waals surface area contributed by atoms with E-state index in [9.17, 15) is 0 Å². The lowest BCUT2D eigenvalue weighted by Gasteiger charge is -2.36. The molecule has 0 heterocycles. The maximum atomic E-state index is 2.55. The van der Waals surface area contributed by atoms with Crippen molar-refractivity contribution in [2.75, 3.05) is 4.90 Å². The first kappa shape index (κ1) is 32.2. The Morgan fingerprint density at radius 2 is 0.661 bits per heavy atom. The molecule has 262 valence electrons. The normalized spacial score (nSPS) is 12.8. The Labute approximate surface area is 328 Å². The summed E-state index contributed by atoms with van der Waals surface area (Å²) in [6.45, 7) is 0. The molecule has 0 aromatic heterocycles. The summed E-state index contributed by atoms with van der Waals surface area (Å²) in [4.78, 5) is 2.55. The number of rotatable bonds is 6. The number of anilines is 3. The van der Waals surface area contributed by atoms with Crippen molar-refractivity contribution >= 4 is 17.1 Å². The number of fused-ring (bicyclic) bond motifs is 10. The Morgan fingerprint density at radius 1 is 0.268 bits per heavy atom. The highest BCUT2D eigenvalue weighted by Gasteiger charge is 2.53. The topological polar surface area (TPSA) is 3.24 Å². The lowest BCUT2D eigenvalue weighted by Crippen LogP contribution is -2.28. The van der Waals surface area contributed by atoms with Gasteiger partial charge in [0.2, 0.25) is 0 Å². The summed E-state index contributed by atoms with van der Waals surface area (Å²) in [5.74, 6) is 0. The standard InChI is InChI=1S/C55H37N/c1-4-19-38(20-5-1)41-35-42(39-21-6-2-7-22-39)37-43(36-41)56(52-33-17-13-25-44(52)40-23-8-3-9-24-40)53-34-18-29-48-47-28-12-16-32-51(47)55(54(48)53)49-30-14-10-26-45(49)46-27-11-15-31-50(46)55/h1-37H. The molecule has 2 aliphatic carbocycles. The van der Waals surface area contributed by atoms with Crippen LogP contribution in [0.2, 0.25) is 0 Å². The first-order valence-electron chi connectivity index (χ1n) is 19.4. The summed E-state index contributed by atoms with van der Waals surface area (Å²) in [5, 5.41) is 0. The summed E-state index contributed by atoms with van der Waals surface area (Å²) in [6, 6.07) is 82.6. The fraction of sp³-hybridized carbons (Fsp3) is 0.0182. The van der Waals surface area contributed by atoms with Crippen LogP contribution >= 0.6 is 0 Å². The smallest absolute Gasteiger partial charge is 0.0746 e. The van der Waals surface area contributed by atoms with Crippen molar-refractivity contribution in [3.8, 4) is 55.6 Å². The quantitative estimate of drug-likeness (QED) is 0.166. The summed E-state index contributed by atoms with van der Waals surface area (Å²) >= 11 is 0. The van der Waals surface area contributed by atoms with Gasteiger partial charge < -0.3 is 4.90 Å². The predicted molar refractivity (Wildman–Crippen MR) is 234 cm³/mol. The highest BCUT2D eigenvalue weighted by atomic mass is 15.1. The predicted octanol–water partition coefficient (Wildman–Crippen LogP) is 14.5. The van der Waals surface area contributed by atoms with Crippen LogP contribution in [0.25, 0.3) is 55.6 Å². The Kier molecular flexibility index (Phi) is 7.47. The van der Waals surface area contributed by atoms with Gasteiger partial charge in [0.1, 0.15) is 0 Å². The molecule has 0 atom stereocenters. The van der Waals surface area contributed by atoms with E-state index in [-0.39, 0.29) is 0 Å². The van der Waals surface area contributed by atoms with Crippen molar-refractivity contribution in [2.24, 2.45) is 0 Å². The summed E-state index contributed by atoms with van der Waals surface area (Å²) in [5.41, 5.74) is 20.4. The molecule has 0 saturated carbocycles. The maximum Gasteiger partial charge on any atom is 0.0746 e. The molecule has 0 bridgehead atoms. The van der Waals surface area contributed by atoms with Crippen LogP contribution in [0.3, 0.4) is 0 Å². The first-order valence-corrected chi connectivity index (χ1v) is 19.4. The number of hydrogen-bond donors (Lipinski definition) is 0. The van der Waals surface area contributed by atoms with E-state index in [1.165, 1.54) is 77.9 Å². The summed E-state index contributed by atoms with van der Waals surface area (Å²) in [6.07, 6.45) is 0. The first-order chi connectivity index (χ1) is 27.8. The van der Waals surface area contributed by atoms with Gasteiger partial charge in [0.05, 0.1) is 16.8 Å². The molecule has 0 unspecified atom stereocenters. The van der Waals surface area contributed by atoms with Crippen LogP contribution in [0, 0.1) is 0 Å². The molecule has 0 N–H and O–H groups in total. The van der Waals surface area contributed by atoms with Crippen LogP contribution in [0.1, 0.15) is 22.3 Å². The molecule has 1 heteroatoms. The summed E-state index contributed by atoms with van der Waals surface area (Å²) < 4.78 is 0. The van der Waals surface area contributed by atoms with Crippen molar-refractivity contribution in [2.45, 2.75) is 5.41 Å². The van der Waals surface area contributed by atoms with E-state index in [4.69, 9.17) is 0 Å². The zero-order valence-electron chi connectivity index (χ0n) is 30.8. The summed E-state index contributed by atoms with van der Waals surface area (Å²) in [7, 11) is 0. The number of hydrogen-bond acceptors (Lipinski definition) is 1. The van der Waals surface area contributed by atoms with E-state index in [1.807, 2.05) is 0 Å². The minimum absolute atomic E-state index is 0.519. The zero-order chi connectivity index (χ0) is 37.1. The van der Waals surface area contributed by atoms with Crippen LogP contribution in [0.5, 0.6) is 0 Å². The van der Waals surface area contributed by atoms with Gasteiger partial charge in [0, 0.05) is 16.8 Å². The molecule has 9 aromatic carbocycles. The van der Waals surface area contributed by atoms with Crippen LogP contribution < -0.4 is 4.90 Å². The van der Waals surface area contributed by atoms with Crippen molar-refractivity contribution < 1.29 is 0 Å². The average Bonchev–Trinajstić information content (AvgIpc) is 3.75. The minimum Gasteiger partial charge on any atom is -0.309 e. The monoisotopic (exact) mass is 711 g/mol.